The van der Waals surface area contributed by atoms with Gasteiger partial charge in [0.15, 0.2) is 0 Å². The fraction of sp³-hybridized carbons (Fsp3) is 0.467. The van der Waals surface area contributed by atoms with E-state index in [0.717, 1.165) is 18.7 Å². The number of piperidine rings is 1. The standard InChI is InChI=1S/C15H19ClN4O/c1-20(11-5-4-8-17-9-11)10-14-18-19-15(21-14)12-6-2-3-7-13(12)16/h2-3,6-7,11,17H,4-5,8-10H2,1H3. The Balaban J connectivity index is 1.69. The van der Waals surface area contributed by atoms with Crippen LogP contribution in [0.1, 0.15) is 18.7 Å². The van der Waals surface area contributed by atoms with Crippen LogP contribution in [0.5, 0.6) is 0 Å². The van der Waals surface area contributed by atoms with Crippen molar-refractivity contribution in [3.63, 3.8) is 0 Å². The lowest BCUT2D eigenvalue weighted by Gasteiger charge is -2.30. The lowest BCUT2D eigenvalue weighted by Crippen LogP contribution is -2.43. The number of rotatable bonds is 4. The number of halogens is 1. The van der Waals surface area contributed by atoms with Crippen molar-refractivity contribution in [2.75, 3.05) is 20.1 Å². The van der Waals surface area contributed by atoms with Gasteiger partial charge in [-0.1, -0.05) is 23.7 Å². The summed E-state index contributed by atoms with van der Waals surface area (Å²) in [4.78, 5) is 2.26. The largest absolute Gasteiger partial charge is 0.419 e. The van der Waals surface area contributed by atoms with Crippen LogP contribution in [0.3, 0.4) is 0 Å². The fourth-order valence-corrected chi connectivity index (χ4v) is 2.83. The van der Waals surface area contributed by atoms with Crippen molar-refractivity contribution in [1.82, 2.24) is 20.4 Å². The lowest BCUT2D eigenvalue weighted by molar-refractivity contribution is 0.181. The summed E-state index contributed by atoms with van der Waals surface area (Å²) < 4.78 is 5.74. The molecule has 21 heavy (non-hydrogen) atoms. The zero-order valence-electron chi connectivity index (χ0n) is 12.1. The van der Waals surface area contributed by atoms with Gasteiger partial charge in [-0.3, -0.25) is 4.90 Å². The average Bonchev–Trinajstić information content (AvgIpc) is 2.97. The van der Waals surface area contributed by atoms with E-state index in [1.807, 2.05) is 24.3 Å². The molecule has 3 rings (SSSR count). The second-order valence-corrected chi connectivity index (χ2v) is 5.80. The molecule has 1 N–H and O–H groups in total. The molecular weight excluding hydrogens is 288 g/mol. The van der Waals surface area contributed by atoms with Crippen LogP contribution in [0.4, 0.5) is 0 Å². The van der Waals surface area contributed by atoms with Crippen molar-refractivity contribution >= 4 is 11.6 Å². The molecule has 2 heterocycles. The minimum atomic E-state index is 0.478. The van der Waals surface area contributed by atoms with E-state index in [1.54, 1.807) is 0 Å². The molecular formula is C15H19ClN4O. The average molecular weight is 307 g/mol. The van der Waals surface area contributed by atoms with Gasteiger partial charge in [-0.05, 0) is 38.6 Å². The molecule has 6 heteroatoms. The molecule has 112 valence electrons. The molecule has 5 nitrogen and oxygen atoms in total. The first-order valence-electron chi connectivity index (χ1n) is 7.22. The lowest BCUT2D eigenvalue weighted by atomic mass is 10.1. The summed E-state index contributed by atoms with van der Waals surface area (Å²) >= 11 is 6.15. The maximum absolute atomic E-state index is 6.15. The van der Waals surface area contributed by atoms with E-state index in [2.05, 4.69) is 27.5 Å². The molecule has 0 saturated carbocycles. The molecule has 0 amide bonds. The third-order valence-corrected chi connectivity index (χ3v) is 4.18. The zero-order chi connectivity index (χ0) is 14.7. The number of hydrogen-bond acceptors (Lipinski definition) is 5. The van der Waals surface area contributed by atoms with Crippen molar-refractivity contribution < 1.29 is 4.42 Å². The van der Waals surface area contributed by atoms with Gasteiger partial charge in [-0.25, -0.2) is 0 Å². The topological polar surface area (TPSA) is 54.2 Å². The zero-order valence-corrected chi connectivity index (χ0v) is 12.8. The summed E-state index contributed by atoms with van der Waals surface area (Å²) in [6.07, 6.45) is 2.42. The highest BCUT2D eigenvalue weighted by molar-refractivity contribution is 6.33. The van der Waals surface area contributed by atoms with Gasteiger partial charge in [-0.2, -0.15) is 0 Å². The number of likely N-dealkylation sites (N-methyl/N-ethyl adjacent to an activating group) is 1. The van der Waals surface area contributed by atoms with E-state index in [9.17, 15) is 0 Å². The molecule has 1 unspecified atom stereocenters. The Hall–Kier alpha value is -1.43. The van der Waals surface area contributed by atoms with Crippen molar-refractivity contribution in [2.24, 2.45) is 0 Å². The minimum Gasteiger partial charge on any atom is -0.419 e. The Morgan fingerprint density at radius 3 is 3.00 bits per heavy atom. The first-order chi connectivity index (χ1) is 10.2. The summed E-state index contributed by atoms with van der Waals surface area (Å²) in [5.41, 5.74) is 0.778. The van der Waals surface area contributed by atoms with Crippen LogP contribution in [-0.2, 0) is 6.54 Å². The molecule has 2 aromatic rings. The van der Waals surface area contributed by atoms with Crippen LogP contribution in [0, 0.1) is 0 Å². The summed E-state index contributed by atoms with van der Waals surface area (Å²) in [5.74, 6) is 1.10. The van der Waals surface area contributed by atoms with Gasteiger partial charge < -0.3 is 9.73 Å². The monoisotopic (exact) mass is 306 g/mol. The van der Waals surface area contributed by atoms with E-state index in [1.165, 1.54) is 12.8 Å². The second-order valence-electron chi connectivity index (χ2n) is 5.40. The van der Waals surface area contributed by atoms with Crippen molar-refractivity contribution in [3.8, 4) is 11.5 Å². The Kier molecular flexibility index (Phi) is 4.53. The number of hydrogen-bond donors (Lipinski definition) is 1. The second kappa shape index (κ2) is 6.56. The summed E-state index contributed by atoms with van der Waals surface area (Å²) in [6.45, 7) is 2.79. The molecule has 1 aromatic heterocycles. The molecule has 0 bridgehead atoms. The van der Waals surface area contributed by atoms with Gasteiger partial charge in [0.25, 0.3) is 0 Å². The summed E-state index contributed by atoms with van der Waals surface area (Å²) in [5, 5.41) is 12.3. The van der Waals surface area contributed by atoms with E-state index in [0.29, 0.717) is 29.4 Å². The highest BCUT2D eigenvalue weighted by atomic mass is 35.5. The highest BCUT2D eigenvalue weighted by Gasteiger charge is 2.20. The number of nitrogens with one attached hydrogen (secondary N) is 1. The Morgan fingerprint density at radius 1 is 1.38 bits per heavy atom. The van der Waals surface area contributed by atoms with E-state index >= 15 is 0 Å². The maximum atomic E-state index is 6.15. The molecule has 0 aliphatic carbocycles. The molecule has 1 saturated heterocycles. The summed E-state index contributed by atoms with van der Waals surface area (Å²) in [7, 11) is 2.09. The predicted octanol–water partition coefficient (Wildman–Crippen LogP) is 2.57. The first kappa shape index (κ1) is 14.5. The number of aromatic nitrogens is 2. The maximum Gasteiger partial charge on any atom is 0.249 e. The Morgan fingerprint density at radius 2 is 2.24 bits per heavy atom. The molecule has 1 fully saturated rings. The van der Waals surface area contributed by atoms with Crippen LogP contribution in [0.2, 0.25) is 5.02 Å². The number of benzene rings is 1. The number of nitrogens with zero attached hydrogens (tertiary/aromatic N) is 3. The van der Waals surface area contributed by atoms with Gasteiger partial charge in [0.05, 0.1) is 17.1 Å². The third-order valence-electron chi connectivity index (χ3n) is 3.85. The fourth-order valence-electron chi connectivity index (χ4n) is 2.61. The van der Waals surface area contributed by atoms with Crippen LogP contribution >= 0.6 is 11.6 Å². The normalized spacial score (nSPS) is 19.1. The smallest absolute Gasteiger partial charge is 0.249 e. The molecule has 1 atom stereocenters. The predicted molar refractivity (Wildman–Crippen MR) is 82.1 cm³/mol. The van der Waals surface area contributed by atoms with Crippen LogP contribution < -0.4 is 5.32 Å². The van der Waals surface area contributed by atoms with Gasteiger partial charge >= 0.3 is 0 Å². The quantitative estimate of drug-likeness (QED) is 0.941. The summed E-state index contributed by atoms with van der Waals surface area (Å²) in [6, 6.07) is 8.02. The van der Waals surface area contributed by atoms with E-state index < -0.39 is 0 Å². The van der Waals surface area contributed by atoms with Gasteiger partial charge in [0, 0.05) is 12.6 Å². The SMILES string of the molecule is CN(Cc1nnc(-c2ccccc2Cl)o1)C1CCCNC1. The van der Waals surface area contributed by atoms with Gasteiger partial charge in [0.1, 0.15) is 0 Å². The van der Waals surface area contributed by atoms with Crippen LogP contribution in [0.15, 0.2) is 28.7 Å². The first-order valence-corrected chi connectivity index (χ1v) is 7.60. The third kappa shape index (κ3) is 3.43. The van der Waals surface area contributed by atoms with Gasteiger partial charge in [-0.15, -0.1) is 10.2 Å². The Bertz CT molecular complexity index is 595. The molecule has 1 aromatic carbocycles. The molecule has 1 aliphatic rings. The van der Waals surface area contributed by atoms with Crippen LogP contribution in [0.25, 0.3) is 11.5 Å². The molecule has 0 radical (unpaired) electrons. The van der Waals surface area contributed by atoms with Crippen molar-refractivity contribution in [2.45, 2.75) is 25.4 Å². The molecule has 0 spiro atoms. The van der Waals surface area contributed by atoms with E-state index in [4.69, 9.17) is 16.0 Å². The van der Waals surface area contributed by atoms with Crippen molar-refractivity contribution in [1.29, 1.82) is 0 Å². The van der Waals surface area contributed by atoms with Crippen LogP contribution in [-0.4, -0.2) is 41.3 Å². The Labute approximate surface area is 129 Å². The van der Waals surface area contributed by atoms with E-state index in [-0.39, 0.29) is 0 Å². The molecule has 1 aliphatic heterocycles. The minimum absolute atomic E-state index is 0.478. The highest BCUT2D eigenvalue weighted by Crippen LogP contribution is 2.26. The van der Waals surface area contributed by atoms with Crippen molar-refractivity contribution in [3.05, 3.63) is 35.2 Å². The van der Waals surface area contributed by atoms with Gasteiger partial charge in [0.2, 0.25) is 11.8 Å².